The number of rotatable bonds is 7. The third-order valence-corrected chi connectivity index (χ3v) is 7.09. The van der Waals surface area contributed by atoms with Crippen LogP contribution in [0.1, 0.15) is 41.9 Å². The van der Waals surface area contributed by atoms with Gasteiger partial charge in [0, 0.05) is 26.1 Å². The van der Waals surface area contributed by atoms with Crippen molar-refractivity contribution in [2.75, 3.05) is 29.9 Å². The Morgan fingerprint density at radius 1 is 0.972 bits per heavy atom. The normalized spacial score (nSPS) is 17.8. The number of H-pyrrole nitrogens is 1. The van der Waals surface area contributed by atoms with Gasteiger partial charge in [-0.1, -0.05) is 60.7 Å². The van der Waals surface area contributed by atoms with Crippen LogP contribution in [0.15, 0.2) is 65.5 Å². The lowest BCUT2D eigenvalue weighted by Crippen LogP contribution is -2.41. The van der Waals surface area contributed by atoms with E-state index in [9.17, 15) is 14.4 Å². The highest BCUT2D eigenvalue weighted by atomic mass is 16.2. The van der Waals surface area contributed by atoms with Crippen LogP contribution in [0.3, 0.4) is 0 Å². The van der Waals surface area contributed by atoms with Crippen molar-refractivity contribution in [1.29, 1.82) is 0 Å². The van der Waals surface area contributed by atoms with E-state index in [1.165, 1.54) is 5.56 Å². The summed E-state index contributed by atoms with van der Waals surface area (Å²) in [5, 5.41) is 5.59. The molecule has 0 radical (unpaired) electrons. The molecule has 186 valence electrons. The van der Waals surface area contributed by atoms with Crippen LogP contribution in [-0.4, -0.2) is 41.4 Å². The van der Waals surface area contributed by atoms with Gasteiger partial charge >= 0.3 is 0 Å². The first-order valence-electron chi connectivity index (χ1n) is 12.6. The van der Waals surface area contributed by atoms with Gasteiger partial charge in [0.1, 0.15) is 5.82 Å². The summed E-state index contributed by atoms with van der Waals surface area (Å²) in [6, 6.07) is 20.3. The monoisotopic (exact) mass is 485 g/mol. The Bertz CT molecular complexity index is 1270. The molecule has 0 spiro atoms. The number of amides is 2. The van der Waals surface area contributed by atoms with Gasteiger partial charge < -0.3 is 15.5 Å². The van der Waals surface area contributed by atoms with Crippen LogP contribution in [0.4, 0.5) is 11.8 Å². The van der Waals surface area contributed by atoms with Gasteiger partial charge in [0.2, 0.25) is 17.8 Å². The lowest BCUT2D eigenvalue weighted by molar-refractivity contribution is -0.126. The van der Waals surface area contributed by atoms with Gasteiger partial charge in [-0.3, -0.25) is 19.4 Å². The Kier molecular flexibility index (Phi) is 7.11. The molecule has 8 nitrogen and oxygen atoms in total. The molecule has 36 heavy (non-hydrogen) atoms. The Morgan fingerprint density at radius 3 is 2.33 bits per heavy atom. The summed E-state index contributed by atoms with van der Waals surface area (Å²) in [5.41, 5.74) is 2.31. The second-order valence-electron chi connectivity index (χ2n) is 9.60. The largest absolute Gasteiger partial charge is 0.355 e. The van der Waals surface area contributed by atoms with Crippen molar-refractivity contribution in [3.05, 3.63) is 87.7 Å². The number of anilines is 2. The molecule has 2 aromatic carbocycles. The predicted molar refractivity (Wildman–Crippen MR) is 139 cm³/mol. The van der Waals surface area contributed by atoms with E-state index >= 15 is 0 Å². The minimum atomic E-state index is -0.855. The zero-order chi connectivity index (χ0) is 24.9. The highest BCUT2D eigenvalue weighted by molar-refractivity contribution is 6.00. The van der Waals surface area contributed by atoms with E-state index < -0.39 is 5.92 Å². The van der Waals surface area contributed by atoms with E-state index in [1.807, 2.05) is 36.4 Å². The molecule has 0 aliphatic carbocycles. The van der Waals surface area contributed by atoms with Crippen molar-refractivity contribution in [3.8, 4) is 0 Å². The number of aromatic amines is 1. The number of hydrogen-bond acceptors (Lipinski definition) is 5. The summed E-state index contributed by atoms with van der Waals surface area (Å²) < 4.78 is 0. The van der Waals surface area contributed by atoms with Crippen LogP contribution in [0, 0.1) is 5.92 Å². The molecular weight excluding hydrogens is 454 g/mol. The molecule has 0 saturated carbocycles. The number of nitrogens with one attached hydrogen (secondary N) is 3. The molecule has 0 bridgehead atoms. The average Bonchev–Trinajstić information content (AvgIpc) is 2.89. The van der Waals surface area contributed by atoms with Gasteiger partial charge in [-0.05, 0) is 42.7 Å². The van der Waals surface area contributed by atoms with Crippen molar-refractivity contribution in [1.82, 2.24) is 15.3 Å². The molecule has 8 heteroatoms. The molecule has 3 heterocycles. The number of piperidine rings is 1. The third kappa shape index (κ3) is 5.48. The molecule has 1 atom stereocenters. The van der Waals surface area contributed by atoms with Crippen LogP contribution in [0.5, 0.6) is 0 Å². The molecule has 1 aromatic heterocycles. The molecular formula is C28H31N5O3. The maximum atomic E-state index is 13.1. The average molecular weight is 486 g/mol. The van der Waals surface area contributed by atoms with E-state index in [0.29, 0.717) is 24.8 Å². The Labute approximate surface area is 210 Å². The lowest BCUT2D eigenvalue weighted by Gasteiger charge is -2.33. The number of nitrogens with zero attached hydrogens (tertiary/aromatic N) is 2. The van der Waals surface area contributed by atoms with Crippen LogP contribution in [0.25, 0.3) is 0 Å². The number of carbonyl (C=O) groups is 2. The molecule has 2 aliphatic heterocycles. The van der Waals surface area contributed by atoms with Crippen molar-refractivity contribution in [3.63, 3.8) is 0 Å². The molecule has 2 aliphatic rings. The Hall–Kier alpha value is -3.94. The molecule has 2 amide bonds. The summed E-state index contributed by atoms with van der Waals surface area (Å²) in [6.45, 7) is 1.98. The first-order valence-corrected chi connectivity index (χ1v) is 12.6. The molecule has 1 fully saturated rings. The SMILES string of the molecule is O=C1CC(C(=O)NCCc2ccccc2)c2c(nc(N3CCC(Cc4ccccc4)CC3)[nH]c2=O)N1. The summed E-state index contributed by atoms with van der Waals surface area (Å²) >= 11 is 0. The van der Waals surface area contributed by atoms with Crippen LogP contribution in [0.2, 0.25) is 0 Å². The molecule has 3 N–H and O–H groups in total. The second-order valence-corrected chi connectivity index (χ2v) is 9.60. The standard InChI is InChI=1S/C28H31N5O3/c34-23-18-22(26(35)29-14-11-19-7-3-1-4-8-19)24-25(30-23)31-28(32-27(24)36)33-15-12-21(13-16-33)17-20-9-5-2-6-10-20/h1-10,21-22H,11-18H2,(H,29,35)(H2,30,31,32,34,36). The number of aromatic nitrogens is 2. The predicted octanol–water partition coefficient (Wildman–Crippen LogP) is 3.01. The third-order valence-electron chi connectivity index (χ3n) is 7.09. The Morgan fingerprint density at radius 2 is 1.64 bits per heavy atom. The number of benzene rings is 2. The summed E-state index contributed by atoms with van der Waals surface area (Å²) in [6.07, 6.45) is 3.63. The maximum Gasteiger partial charge on any atom is 0.258 e. The number of fused-ring (bicyclic) bond motifs is 1. The van der Waals surface area contributed by atoms with Gasteiger partial charge in [-0.2, -0.15) is 4.98 Å². The fourth-order valence-corrected chi connectivity index (χ4v) is 5.13. The highest BCUT2D eigenvalue weighted by Crippen LogP contribution is 2.30. The van der Waals surface area contributed by atoms with Gasteiger partial charge in [-0.15, -0.1) is 0 Å². The number of carbonyl (C=O) groups excluding carboxylic acids is 2. The summed E-state index contributed by atoms with van der Waals surface area (Å²) in [4.78, 5) is 47.9. The van der Waals surface area contributed by atoms with Gasteiger partial charge in [0.15, 0.2) is 0 Å². The van der Waals surface area contributed by atoms with E-state index in [4.69, 9.17) is 0 Å². The van der Waals surface area contributed by atoms with Crippen LogP contribution in [-0.2, 0) is 22.4 Å². The topological polar surface area (TPSA) is 107 Å². The highest BCUT2D eigenvalue weighted by Gasteiger charge is 2.35. The van der Waals surface area contributed by atoms with E-state index in [1.54, 1.807) is 0 Å². The summed E-state index contributed by atoms with van der Waals surface area (Å²) in [5.74, 6) is -0.273. The number of hydrogen-bond donors (Lipinski definition) is 3. The maximum absolute atomic E-state index is 13.1. The zero-order valence-electron chi connectivity index (χ0n) is 20.2. The quantitative estimate of drug-likeness (QED) is 0.477. The first-order chi connectivity index (χ1) is 17.6. The smallest absolute Gasteiger partial charge is 0.258 e. The zero-order valence-corrected chi connectivity index (χ0v) is 20.2. The van der Waals surface area contributed by atoms with E-state index in [-0.39, 0.29) is 35.2 Å². The second kappa shape index (κ2) is 10.8. The fraction of sp³-hybridized carbons (Fsp3) is 0.357. The van der Waals surface area contributed by atoms with Gasteiger partial charge in [0.05, 0.1) is 11.5 Å². The van der Waals surface area contributed by atoms with Crippen molar-refractivity contribution in [2.45, 2.75) is 38.0 Å². The van der Waals surface area contributed by atoms with E-state index in [2.05, 4.69) is 49.8 Å². The van der Waals surface area contributed by atoms with Crippen LogP contribution < -0.4 is 21.1 Å². The first kappa shape index (κ1) is 23.8. The molecule has 3 aromatic rings. The van der Waals surface area contributed by atoms with Crippen molar-refractivity contribution < 1.29 is 9.59 Å². The molecule has 1 unspecified atom stereocenters. The van der Waals surface area contributed by atoms with Crippen molar-refractivity contribution in [2.24, 2.45) is 5.92 Å². The molecule has 1 saturated heterocycles. The van der Waals surface area contributed by atoms with Gasteiger partial charge in [-0.25, -0.2) is 0 Å². The lowest BCUT2D eigenvalue weighted by atomic mass is 9.90. The van der Waals surface area contributed by atoms with Gasteiger partial charge in [0.25, 0.3) is 5.56 Å². The fourth-order valence-electron chi connectivity index (χ4n) is 5.13. The van der Waals surface area contributed by atoms with E-state index in [0.717, 1.165) is 37.9 Å². The minimum Gasteiger partial charge on any atom is -0.355 e. The Balaban J connectivity index is 1.25. The van der Waals surface area contributed by atoms with Crippen molar-refractivity contribution >= 4 is 23.6 Å². The summed E-state index contributed by atoms with van der Waals surface area (Å²) in [7, 11) is 0. The molecule has 5 rings (SSSR count). The minimum absolute atomic E-state index is 0.0703. The van der Waals surface area contributed by atoms with Crippen LogP contribution >= 0.6 is 0 Å².